The summed E-state index contributed by atoms with van der Waals surface area (Å²) >= 11 is 0. The molecular formula is C23H20B2N4O4. The van der Waals surface area contributed by atoms with Gasteiger partial charge >= 0.3 is 0 Å². The molecule has 2 atom stereocenters. The van der Waals surface area contributed by atoms with E-state index in [0.29, 0.717) is 52.2 Å². The second-order valence-electron chi connectivity index (χ2n) is 7.76. The molecule has 0 N–H and O–H groups in total. The Bertz CT molecular complexity index is 1330. The van der Waals surface area contributed by atoms with Crippen molar-refractivity contribution in [2.75, 3.05) is 14.2 Å². The van der Waals surface area contributed by atoms with Gasteiger partial charge in [0.2, 0.25) is 11.6 Å². The van der Waals surface area contributed by atoms with Gasteiger partial charge in [0.15, 0.2) is 31.1 Å². The van der Waals surface area contributed by atoms with Crippen molar-refractivity contribution in [2.45, 2.75) is 25.7 Å². The Hall–Kier alpha value is -3.68. The highest BCUT2D eigenvalue weighted by Crippen LogP contribution is 2.46. The molecule has 0 amide bonds. The first-order valence-corrected chi connectivity index (χ1v) is 10.4. The van der Waals surface area contributed by atoms with Crippen LogP contribution in [0, 0.1) is 0 Å². The third-order valence-electron chi connectivity index (χ3n) is 5.57. The first-order chi connectivity index (χ1) is 16.0. The normalized spacial score (nSPS) is 17.2. The van der Waals surface area contributed by atoms with Crippen molar-refractivity contribution < 1.29 is 18.9 Å². The molecule has 0 aliphatic carbocycles. The highest BCUT2D eigenvalue weighted by atomic mass is 16.6. The number of hydrogen-bond donors (Lipinski definition) is 0. The van der Waals surface area contributed by atoms with Crippen LogP contribution in [0.5, 0.6) is 23.1 Å². The molecule has 10 heteroatoms. The highest BCUT2D eigenvalue weighted by molar-refractivity contribution is 6.32. The second-order valence-corrected chi connectivity index (χ2v) is 7.76. The van der Waals surface area contributed by atoms with Gasteiger partial charge in [-0.25, -0.2) is 15.0 Å². The maximum Gasteiger partial charge on any atom is 0.212 e. The van der Waals surface area contributed by atoms with E-state index in [2.05, 4.69) is 15.0 Å². The molecule has 162 valence electrons. The van der Waals surface area contributed by atoms with Gasteiger partial charge < -0.3 is 23.5 Å². The van der Waals surface area contributed by atoms with E-state index in [-0.39, 0.29) is 12.2 Å². The van der Waals surface area contributed by atoms with Crippen molar-refractivity contribution >= 4 is 38.2 Å². The predicted octanol–water partition coefficient (Wildman–Crippen LogP) is 1.38. The molecule has 0 saturated heterocycles. The van der Waals surface area contributed by atoms with Crippen LogP contribution in [0.1, 0.15) is 24.2 Å². The Morgan fingerprint density at radius 1 is 1.03 bits per heavy atom. The Kier molecular flexibility index (Phi) is 5.36. The number of benzene rings is 1. The number of nitrogens with zero attached hydrogens (tertiary/aromatic N) is 4. The zero-order valence-electron chi connectivity index (χ0n) is 18.5. The average Bonchev–Trinajstić information content (AvgIpc) is 3.12. The zero-order valence-corrected chi connectivity index (χ0v) is 18.5. The number of aromatic nitrogens is 4. The van der Waals surface area contributed by atoms with Crippen LogP contribution in [0.15, 0.2) is 42.6 Å². The van der Waals surface area contributed by atoms with Gasteiger partial charge in [-0.2, -0.15) is 0 Å². The lowest BCUT2D eigenvalue weighted by molar-refractivity contribution is 0.0277. The maximum atomic E-state index is 6.32. The molecule has 3 aromatic heterocycles. The summed E-state index contributed by atoms with van der Waals surface area (Å²) in [5, 5.41) is 0. The summed E-state index contributed by atoms with van der Waals surface area (Å²) in [7, 11) is 15.2. The maximum absolute atomic E-state index is 6.32. The largest absolute Gasteiger partial charge is 0.493 e. The lowest BCUT2D eigenvalue weighted by Gasteiger charge is -2.33. The molecule has 0 fully saturated rings. The number of fused-ring (bicyclic) bond motifs is 2. The summed E-state index contributed by atoms with van der Waals surface area (Å²) in [5.74, 6) is 2.21. The average molecular weight is 438 g/mol. The third kappa shape index (κ3) is 3.86. The Morgan fingerprint density at radius 3 is 2.61 bits per heavy atom. The summed E-state index contributed by atoms with van der Waals surface area (Å²) in [4.78, 5) is 13.0. The van der Waals surface area contributed by atoms with E-state index in [1.165, 1.54) is 0 Å². The molecule has 5 rings (SSSR count). The van der Waals surface area contributed by atoms with Crippen LogP contribution >= 0.6 is 0 Å². The molecule has 1 aliphatic heterocycles. The fraction of sp³-hybridized carbons (Fsp3) is 0.261. The summed E-state index contributed by atoms with van der Waals surface area (Å²) in [5.41, 5.74) is 3.80. The zero-order chi connectivity index (χ0) is 23.1. The monoisotopic (exact) mass is 438 g/mol. The number of ether oxygens (including phenoxy) is 4. The van der Waals surface area contributed by atoms with Crippen LogP contribution in [-0.2, 0) is 6.54 Å². The van der Waals surface area contributed by atoms with Crippen molar-refractivity contribution in [3.63, 3.8) is 0 Å². The van der Waals surface area contributed by atoms with Gasteiger partial charge in [-0.1, -0.05) is 0 Å². The lowest BCUT2D eigenvalue weighted by Crippen LogP contribution is -2.31. The van der Waals surface area contributed by atoms with Crippen LogP contribution in [0.4, 0.5) is 0 Å². The first-order valence-electron chi connectivity index (χ1n) is 10.4. The minimum absolute atomic E-state index is 0.256. The van der Waals surface area contributed by atoms with Crippen molar-refractivity contribution in [1.29, 1.82) is 0 Å². The van der Waals surface area contributed by atoms with Crippen molar-refractivity contribution in [1.82, 2.24) is 19.5 Å². The summed E-state index contributed by atoms with van der Waals surface area (Å²) in [6.07, 6.45) is 1.12. The van der Waals surface area contributed by atoms with E-state index in [0.717, 1.165) is 11.1 Å². The summed E-state index contributed by atoms with van der Waals surface area (Å²) in [6, 6.07) is 11.0. The molecule has 0 bridgehead atoms. The van der Waals surface area contributed by atoms with Crippen molar-refractivity contribution in [3.05, 3.63) is 53.7 Å². The third-order valence-corrected chi connectivity index (χ3v) is 5.57. The smallest absolute Gasteiger partial charge is 0.212 e. The Balaban J connectivity index is 1.49. The lowest BCUT2D eigenvalue weighted by atomic mass is 10.0. The number of methoxy groups -OCH3 is 2. The molecule has 4 radical (unpaired) electrons. The predicted molar refractivity (Wildman–Crippen MR) is 125 cm³/mol. The van der Waals surface area contributed by atoms with Gasteiger partial charge in [0, 0.05) is 17.8 Å². The van der Waals surface area contributed by atoms with E-state index in [9.17, 15) is 0 Å². The van der Waals surface area contributed by atoms with E-state index in [1.807, 2.05) is 25.1 Å². The van der Waals surface area contributed by atoms with E-state index < -0.39 is 0 Å². The minimum Gasteiger partial charge on any atom is -0.493 e. The SMILES string of the molecule is [B]c1ccc2nc([B])n(Cc3cc(OC)c4c(c3)O[C@@H](C)[C@H](c3ccc(OC)nc3)O4)c2n1. The molecule has 0 spiro atoms. The molecule has 33 heavy (non-hydrogen) atoms. The summed E-state index contributed by atoms with van der Waals surface area (Å²) in [6.45, 7) is 2.36. The van der Waals surface area contributed by atoms with Gasteiger partial charge in [-0.15, -0.1) is 0 Å². The van der Waals surface area contributed by atoms with E-state index in [4.69, 9.17) is 34.6 Å². The quantitative estimate of drug-likeness (QED) is 0.436. The first kappa shape index (κ1) is 21.2. The second kappa shape index (κ2) is 8.35. The molecule has 4 aromatic rings. The molecule has 1 aromatic carbocycles. The molecule has 0 saturated carbocycles. The topological polar surface area (TPSA) is 80.5 Å². The molecule has 4 heterocycles. The van der Waals surface area contributed by atoms with Gasteiger partial charge in [0.25, 0.3) is 0 Å². The van der Waals surface area contributed by atoms with Gasteiger partial charge in [0.05, 0.1) is 26.5 Å². The van der Waals surface area contributed by atoms with Gasteiger partial charge in [-0.05, 0) is 48.4 Å². The number of imidazole rings is 1. The van der Waals surface area contributed by atoms with Crippen LogP contribution in [0.2, 0.25) is 0 Å². The fourth-order valence-electron chi connectivity index (χ4n) is 3.95. The Morgan fingerprint density at radius 2 is 1.88 bits per heavy atom. The molecular weight excluding hydrogens is 418 g/mol. The van der Waals surface area contributed by atoms with Crippen LogP contribution < -0.4 is 30.3 Å². The van der Waals surface area contributed by atoms with Gasteiger partial charge in [-0.3, -0.25) is 0 Å². The highest BCUT2D eigenvalue weighted by Gasteiger charge is 2.32. The van der Waals surface area contributed by atoms with Crippen molar-refractivity contribution in [3.8, 4) is 23.1 Å². The fourth-order valence-corrected chi connectivity index (χ4v) is 3.95. The number of pyridine rings is 2. The number of rotatable bonds is 5. The summed E-state index contributed by atoms with van der Waals surface area (Å²) < 4.78 is 25.1. The van der Waals surface area contributed by atoms with Gasteiger partial charge in [0.1, 0.15) is 19.5 Å². The van der Waals surface area contributed by atoms with Crippen molar-refractivity contribution in [2.24, 2.45) is 0 Å². The standard InChI is InChI=1S/C23H20B2N4O4/c1-12-20(14-4-7-19(31-3)26-10-14)33-21-16(30-2)8-13(9-17(21)32-12)11-29-22-15(27-23(29)25)5-6-18(24)28-22/h4-10,12,20H,11H2,1-3H3/t12-,20+/m0/s1. The van der Waals surface area contributed by atoms with Crippen LogP contribution in [-0.4, -0.2) is 55.5 Å². The minimum atomic E-state index is -0.351. The Labute approximate surface area is 193 Å². The van der Waals surface area contributed by atoms with Crippen LogP contribution in [0.3, 0.4) is 0 Å². The number of hydrogen-bond acceptors (Lipinski definition) is 7. The van der Waals surface area contributed by atoms with E-state index >= 15 is 0 Å². The van der Waals surface area contributed by atoms with E-state index in [1.54, 1.807) is 43.2 Å². The molecule has 8 nitrogen and oxygen atoms in total. The van der Waals surface area contributed by atoms with Crippen LogP contribution in [0.25, 0.3) is 11.2 Å². The molecule has 1 aliphatic rings. The molecule has 0 unspecified atom stereocenters.